The van der Waals surface area contributed by atoms with Crippen molar-refractivity contribution >= 4 is 11.8 Å². The second-order valence-corrected chi connectivity index (χ2v) is 3.12. The predicted molar refractivity (Wildman–Crippen MR) is 55.7 cm³/mol. The maximum Gasteiger partial charge on any atom is 0.356 e. The topological polar surface area (TPSA) is 61.8 Å². The highest BCUT2D eigenvalue weighted by molar-refractivity contribution is 6.06. The summed E-state index contributed by atoms with van der Waals surface area (Å²) >= 11 is 0. The molecule has 0 fully saturated rings. The van der Waals surface area contributed by atoms with E-state index in [0.29, 0.717) is 11.5 Å². The van der Waals surface area contributed by atoms with E-state index in [1.54, 1.807) is 0 Å². The van der Waals surface area contributed by atoms with Gasteiger partial charge in [-0.3, -0.25) is 9.74 Å². The number of carbonyl (C=O) groups is 2. The number of rotatable bonds is 5. The van der Waals surface area contributed by atoms with Crippen molar-refractivity contribution in [2.45, 2.75) is 6.42 Å². The second kappa shape index (κ2) is 5.83. The summed E-state index contributed by atoms with van der Waals surface area (Å²) in [5, 5.41) is 0. The average molecular weight is 242 g/mol. The molecule has 92 valence electrons. The zero-order valence-electron chi connectivity index (χ0n) is 9.36. The van der Waals surface area contributed by atoms with Crippen molar-refractivity contribution in [2.24, 2.45) is 0 Å². The lowest BCUT2D eigenvalue weighted by Gasteiger charge is -2.08. The molecule has 0 bridgehead atoms. The first kappa shape index (κ1) is 13.0. The van der Waals surface area contributed by atoms with Crippen LogP contribution in [-0.2, 0) is 9.74 Å². The van der Waals surface area contributed by atoms with Crippen LogP contribution in [0.4, 0.5) is 4.53 Å². The second-order valence-electron chi connectivity index (χ2n) is 3.12. The molecule has 17 heavy (non-hydrogen) atoms. The maximum absolute atomic E-state index is 11.5. The Balaban J connectivity index is 2.92. The van der Waals surface area contributed by atoms with Gasteiger partial charge in [-0.25, -0.2) is 4.79 Å². The standard InChI is InChI=1S/C11H11FO5/c1-15-9-4-3-7(5-10(9)16-2)8(13)6-11(14)17-12/h3-5H,6H2,1-2H3. The molecule has 1 aromatic rings. The maximum atomic E-state index is 11.5. The summed E-state index contributed by atoms with van der Waals surface area (Å²) in [6.07, 6.45) is -0.661. The molecule has 0 spiro atoms. The van der Waals surface area contributed by atoms with Crippen molar-refractivity contribution < 1.29 is 28.5 Å². The molecule has 0 radical (unpaired) electrons. The van der Waals surface area contributed by atoms with Crippen LogP contribution in [0.25, 0.3) is 0 Å². The molecule has 0 saturated carbocycles. The van der Waals surface area contributed by atoms with Crippen molar-refractivity contribution in [1.29, 1.82) is 0 Å². The predicted octanol–water partition coefficient (Wildman–Crippen LogP) is 1.70. The molecule has 1 rings (SSSR count). The first-order valence-corrected chi connectivity index (χ1v) is 4.69. The molecule has 0 unspecified atom stereocenters. The summed E-state index contributed by atoms with van der Waals surface area (Å²) in [7, 11) is 2.88. The number of carbonyl (C=O) groups excluding carboxylic acids is 2. The molecule has 0 atom stereocenters. The van der Waals surface area contributed by atoms with E-state index in [1.165, 1.54) is 32.4 Å². The first-order valence-electron chi connectivity index (χ1n) is 4.69. The van der Waals surface area contributed by atoms with Crippen molar-refractivity contribution in [3.8, 4) is 11.5 Å². The Hall–Kier alpha value is -2.11. The van der Waals surface area contributed by atoms with Gasteiger partial charge >= 0.3 is 5.97 Å². The van der Waals surface area contributed by atoms with E-state index in [4.69, 9.17) is 9.47 Å². The van der Waals surface area contributed by atoms with Gasteiger partial charge < -0.3 is 9.47 Å². The molecular weight excluding hydrogens is 231 g/mol. The quantitative estimate of drug-likeness (QED) is 0.581. The van der Waals surface area contributed by atoms with Gasteiger partial charge in [-0.1, -0.05) is 0 Å². The van der Waals surface area contributed by atoms with Crippen molar-refractivity contribution in [1.82, 2.24) is 0 Å². The number of ketones is 1. The number of hydrogen-bond donors (Lipinski definition) is 0. The highest BCUT2D eigenvalue weighted by Crippen LogP contribution is 2.27. The van der Waals surface area contributed by atoms with E-state index in [2.05, 4.69) is 4.94 Å². The lowest BCUT2D eigenvalue weighted by molar-refractivity contribution is -0.182. The zero-order valence-corrected chi connectivity index (χ0v) is 9.36. The van der Waals surface area contributed by atoms with Gasteiger partial charge in [0.1, 0.15) is 6.42 Å². The van der Waals surface area contributed by atoms with Crippen LogP contribution in [0.1, 0.15) is 16.8 Å². The van der Waals surface area contributed by atoms with Gasteiger partial charge in [0, 0.05) is 10.1 Å². The molecule has 0 amide bonds. The van der Waals surface area contributed by atoms with Crippen LogP contribution in [-0.4, -0.2) is 26.0 Å². The third kappa shape index (κ3) is 3.17. The smallest absolute Gasteiger partial charge is 0.356 e. The van der Waals surface area contributed by atoms with Crippen molar-refractivity contribution in [3.05, 3.63) is 23.8 Å². The van der Waals surface area contributed by atoms with Gasteiger partial charge in [0.05, 0.1) is 14.2 Å². The van der Waals surface area contributed by atoms with E-state index in [0.717, 1.165) is 0 Å². The Morgan fingerprint density at radius 3 is 2.35 bits per heavy atom. The normalized spacial score (nSPS) is 9.59. The Bertz CT molecular complexity index is 430. The van der Waals surface area contributed by atoms with Gasteiger partial charge in [-0.05, 0) is 18.2 Å². The molecule has 5 nitrogen and oxygen atoms in total. The summed E-state index contributed by atoms with van der Waals surface area (Å²) in [5.41, 5.74) is 0.216. The monoisotopic (exact) mass is 242 g/mol. The van der Waals surface area contributed by atoms with Crippen LogP contribution < -0.4 is 9.47 Å². The molecule has 0 aliphatic heterocycles. The number of Topliss-reactive ketones (excluding diaryl/α,β-unsaturated/α-hetero) is 1. The summed E-state index contributed by atoms with van der Waals surface area (Å²) in [6, 6.07) is 4.38. The minimum absolute atomic E-state index is 0.216. The lowest BCUT2D eigenvalue weighted by Crippen LogP contribution is -2.08. The van der Waals surface area contributed by atoms with E-state index < -0.39 is 18.2 Å². The number of ether oxygens (including phenoxy) is 2. The van der Waals surface area contributed by atoms with Crippen LogP contribution in [0.2, 0.25) is 0 Å². The van der Waals surface area contributed by atoms with E-state index in [-0.39, 0.29) is 5.56 Å². The van der Waals surface area contributed by atoms with Crippen molar-refractivity contribution in [3.63, 3.8) is 0 Å². The molecule has 0 heterocycles. The SMILES string of the molecule is COc1ccc(C(=O)CC(=O)OF)cc1OC. The van der Waals surface area contributed by atoms with Gasteiger partial charge in [0.25, 0.3) is 0 Å². The fourth-order valence-corrected chi connectivity index (χ4v) is 1.27. The Morgan fingerprint density at radius 1 is 1.18 bits per heavy atom. The van der Waals surface area contributed by atoms with Crippen LogP contribution in [0, 0.1) is 0 Å². The Labute approximate surface area is 97.0 Å². The number of hydrogen-bond acceptors (Lipinski definition) is 5. The van der Waals surface area contributed by atoms with Crippen molar-refractivity contribution in [2.75, 3.05) is 14.2 Å². The summed E-state index contributed by atoms with van der Waals surface area (Å²) in [4.78, 5) is 25.0. The average Bonchev–Trinajstić information content (AvgIpc) is 2.37. The van der Waals surface area contributed by atoms with Gasteiger partial charge in [0.15, 0.2) is 17.3 Å². The molecular formula is C11H11FO5. The lowest BCUT2D eigenvalue weighted by atomic mass is 10.1. The molecule has 0 aliphatic carbocycles. The van der Waals surface area contributed by atoms with Crippen LogP contribution >= 0.6 is 0 Å². The zero-order chi connectivity index (χ0) is 12.8. The molecule has 6 heteroatoms. The highest BCUT2D eigenvalue weighted by atomic mass is 19.3. The minimum atomic E-state index is -1.23. The molecule has 0 aromatic heterocycles. The Morgan fingerprint density at radius 2 is 1.82 bits per heavy atom. The highest BCUT2D eigenvalue weighted by Gasteiger charge is 2.15. The van der Waals surface area contributed by atoms with E-state index in [1.807, 2.05) is 0 Å². The van der Waals surface area contributed by atoms with Crippen LogP contribution in [0.3, 0.4) is 0 Å². The number of halogens is 1. The summed E-state index contributed by atoms with van der Waals surface area (Å²) in [5.74, 6) is -0.984. The molecule has 0 aliphatic rings. The third-order valence-corrected chi connectivity index (χ3v) is 2.10. The summed E-state index contributed by atoms with van der Waals surface area (Å²) in [6.45, 7) is 0. The van der Waals surface area contributed by atoms with E-state index in [9.17, 15) is 14.1 Å². The Kier molecular flexibility index (Phi) is 4.45. The first-order chi connectivity index (χ1) is 8.12. The molecule has 0 N–H and O–H groups in total. The van der Waals surface area contributed by atoms with Crippen LogP contribution in [0.15, 0.2) is 18.2 Å². The largest absolute Gasteiger partial charge is 0.493 e. The fraction of sp³-hybridized carbons (Fsp3) is 0.273. The number of methoxy groups -OCH3 is 2. The molecule has 0 saturated heterocycles. The molecule has 1 aromatic carbocycles. The summed E-state index contributed by atoms with van der Waals surface area (Å²) < 4.78 is 21.5. The number of benzene rings is 1. The minimum Gasteiger partial charge on any atom is -0.493 e. The van der Waals surface area contributed by atoms with Gasteiger partial charge in [-0.15, -0.1) is 0 Å². The third-order valence-electron chi connectivity index (χ3n) is 2.10. The van der Waals surface area contributed by atoms with Crippen LogP contribution in [0.5, 0.6) is 11.5 Å². The van der Waals surface area contributed by atoms with E-state index >= 15 is 0 Å². The fourth-order valence-electron chi connectivity index (χ4n) is 1.27. The van der Waals surface area contributed by atoms with Gasteiger partial charge in [0.2, 0.25) is 0 Å². The van der Waals surface area contributed by atoms with Gasteiger partial charge in [-0.2, -0.15) is 0 Å².